The van der Waals surface area contributed by atoms with E-state index in [1.54, 1.807) is 22.4 Å². The van der Waals surface area contributed by atoms with E-state index in [0.29, 0.717) is 18.1 Å². The lowest BCUT2D eigenvalue weighted by atomic mass is 9.96. The summed E-state index contributed by atoms with van der Waals surface area (Å²) in [5.41, 5.74) is 5.43. The number of anilines is 1. The second-order valence-corrected chi connectivity index (χ2v) is 9.37. The number of nitrogens with zero attached hydrogens (tertiary/aromatic N) is 6. The molecule has 0 saturated carbocycles. The summed E-state index contributed by atoms with van der Waals surface area (Å²) < 4.78 is 3.27. The van der Waals surface area contributed by atoms with Crippen molar-refractivity contribution < 1.29 is 0 Å². The molecular weight excluding hydrogens is 412 g/mol. The number of pyridine rings is 1. The Balaban J connectivity index is 1.53. The molecule has 5 rings (SSSR count). The highest BCUT2D eigenvalue weighted by molar-refractivity contribution is 5.88. The summed E-state index contributed by atoms with van der Waals surface area (Å²) in [6.07, 6.45) is 6.20. The van der Waals surface area contributed by atoms with Gasteiger partial charge in [0, 0.05) is 44.3 Å². The van der Waals surface area contributed by atoms with E-state index in [1.165, 1.54) is 17.5 Å². The van der Waals surface area contributed by atoms with Crippen molar-refractivity contribution in [3.8, 4) is 6.07 Å². The van der Waals surface area contributed by atoms with Gasteiger partial charge in [0.2, 0.25) is 0 Å². The molecule has 2 aromatic heterocycles. The van der Waals surface area contributed by atoms with Crippen LogP contribution in [0.5, 0.6) is 0 Å². The maximum Gasteiger partial charge on any atom is 0.252 e. The highest BCUT2D eigenvalue weighted by atomic mass is 16.1. The first-order chi connectivity index (χ1) is 16.0. The molecule has 3 atom stereocenters. The van der Waals surface area contributed by atoms with E-state index < -0.39 is 0 Å². The maximum absolute atomic E-state index is 12.8. The Morgan fingerprint density at radius 3 is 2.70 bits per heavy atom. The average molecular weight is 445 g/mol. The molecule has 7 nitrogen and oxygen atoms in total. The normalized spacial score (nSPS) is 23.1. The second-order valence-electron chi connectivity index (χ2n) is 9.37. The quantitative estimate of drug-likeness (QED) is 0.601. The zero-order valence-corrected chi connectivity index (χ0v) is 19.7. The van der Waals surface area contributed by atoms with Crippen LogP contribution in [0.2, 0.25) is 0 Å². The molecule has 172 valence electrons. The van der Waals surface area contributed by atoms with E-state index in [0.717, 1.165) is 49.1 Å². The summed E-state index contributed by atoms with van der Waals surface area (Å²) in [5.74, 6) is 0. The third-order valence-corrected chi connectivity index (χ3v) is 7.66. The number of piperazine rings is 1. The van der Waals surface area contributed by atoms with Gasteiger partial charge in [-0.3, -0.25) is 14.4 Å². The van der Waals surface area contributed by atoms with Crippen LogP contribution < -0.4 is 10.5 Å². The fourth-order valence-corrected chi connectivity index (χ4v) is 5.85. The highest BCUT2D eigenvalue weighted by Crippen LogP contribution is 2.40. The van der Waals surface area contributed by atoms with Crippen molar-refractivity contribution in [3.05, 3.63) is 58.0 Å². The van der Waals surface area contributed by atoms with Crippen LogP contribution in [0.1, 0.15) is 50.3 Å². The van der Waals surface area contributed by atoms with Crippen LogP contribution in [0.3, 0.4) is 0 Å². The van der Waals surface area contributed by atoms with Gasteiger partial charge in [0.1, 0.15) is 12.1 Å². The molecule has 0 bridgehead atoms. The maximum atomic E-state index is 12.8. The number of hydrogen-bond acceptors (Lipinski definition) is 5. The van der Waals surface area contributed by atoms with Gasteiger partial charge in [-0.25, -0.2) is 0 Å². The van der Waals surface area contributed by atoms with Crippen molar-refractivity contribution in [1.82, 2.24) is 19.2 Å². The van der Waals surface area contributed by atoms with Gasteiger partial charge in [0.25, 0.3) is 5.56 Å². The largest absolute Gasteiger partial charge is 0.364 e. The van der Waals surface area contributed by atoms with Crippen LogP contribution >= 0.6 is 0 Å². The Labute approximate surface area is 194 Å². The van der Waals surface area contributed by atoms with Crippen molar-refractivity contribution in [3.63, 3.8) is 0 Å². The van der Waals surface area contributed by atoms with Gasteiger partial charge in [-0.1, -0.05) is 38.1 Å². The Morgan fingerprint density at radius 1 is 1.15 bits per heavy atom. The van der Waals surface area contributed by atoms with E-state index >= 15 is 0 Å². The van der Waals surface area contributed by atoms with Crippen LogP contribution in [-0.2, 0) is 20.0 Å². The first-order valence-electron chi connectivity index (χ1n) is 12.1. The number of benzene rings is 1. The molecule has 0 amide bonds. The molecule has 1 aromatic carbocycles. The molecule has 2 aliphatic rings. The lowest BCUT2D eigenvalue weighted by Crippen LogP contribution is -2.59. The summed E-state index contributed by atoms with van der Waals surface area (Å²) >= 11 is 0. The molecule has 1 saturated heterocycles. The summed E-state index contributed by atoms with van der Waals surface area (Å²) in [6.45, 7) is 6.53. The summed E-state index contributed by atoms with van der Waals surface area (Å²) in [7, 11) is 1.77. The van der Waals surface area contributed by atoms with Gasteiger partial charge in [-0.05, 0) is 36.8 Å². The van der Waals surface area contributed by atoms with Crippen LogP contribution in [0, 0.1) is 11.3 Å². The summed E-state index contributed by atoms with van der Waals surface area (Å²) in [4.78, 5) is 18.0. The minimum atomic E-state index is -0.0379. The number of rotatable bonds is 5. The smallest absolute Gasteiger partial charge is 0.252 e. The standard InChI is InChI=1S/C26H32N6O/c1-4-19-16-32(23-14-25(33)29(3)24-17-30(13-12-27)28-26(23)24)20(5-2)15-31(19)22-11-10-18-8-6-7-9-21(18)22/h6-9,14,17,19-20,22H,4-5,10-11,13,15-16H2,1-3H3/t19-,20+,22-/m1/s1. The van der Waals surface area contributed by atoms with E-state index in [1.807, 2.05) is 6.20 Å². The molecule has 33 heavy (non-hydrogen) atoms. The highest BCUT2D eigenvalue weighted by Gasteiger charge is 2.39. The minimum Gasteiger partial charge on any atom is -0.364 e. The average Bonchev–Trinajstić information content (AvgIpc) is 3.45. The Morgan fingerprint density at radius 2 is 1.94 bits per heavy atom. The zero-order chi connectivity index (χ0) is 23.1. The van der Waals surface area contributed by atoms with Gasteiger partial charge in [0.05, 0.1) is 23.5 Å². The molecule has 1 fully saturated rings. The van der Waals surface area contributed by atoms with Crippen molar-refractivity contribution >= 4 is 16.7 Å². The van der Waals surface area contributed by atoms with Crippen LogP contribution in [-0.4, -0.2) is 44.4 Å². The van der Waals surface area contributed by atoms with Crippen molar-refractivity contribution in [1.29, 1.82) is 5.26 Å². The SMILES string of the molecule is CC[C@H]1CN([C@@H]2CCc3ccccc32)[C@H](CC)CN1c1cc(=O)n(C)c2cn(CC#N)nc12. The van der Waals surface area contributed by atoms with E-state index in [4.69, 9.17) is 10.4 Å². The number of fused-ring (bicyclic) bond motifs is 2. The second kappa shape index (κ2) is 8.68. The first-order valence-corrected chi connectivity index (χ1v) is 12.1. The van der Waals surface area contributed by atoms with Crippen molar-refractivity contribution in [2.24, 2.45) is 7.05 Å². The minimum absolute atomic E-state index is 0.0379. The molecule has 0 N–H and O–H groups in total. The molecule has 0 unspecified atom stereocenters. The number of aryl methyl sites for hydroxylation is 2. The molecule has 3 aromatic rings. The van der Waals surface area contributed by atoms with Gasteiger partial charge in [-0.15, -0.1) is 0 Å². The van der Waals surface area contributed by atoms with E-state index in [2.05, 4.69) is 54.0 Å². The predicted octanol–water partition coefficient (Wildman–Crippen LogP) is 3.63. The van der Waals surface area contributed by atoms with Crippen LogP contribution in [0.4, 0.5) is 5.69 Å². The summed E-state index contributed by atoms with van der Waals surface area (Å²) in [5, 5.41) is 13.8. The van der Waals surface area contributed by atoms with Gasteiger partial charge in [0.15, 0.2) is 0 Å². The van der Waals surface area contributed by atoms with Crippen molar-refractivity contribution in [2.45, 2.75) is 64.2 Å². The van der Waals surface area contributed by atoms with Crippen LogP contribution in [0.25, 0.3) is 11.0 Å². The number of nitriles is 1. The van der Waals surface area contributed by atoms with E-state index in [9.17, 15) is 4.79 Å². The van der Waals surface area contributed by atoms with Gasteiger partial charge >= 0.3 is 0 Å². The van der Waals surface area contributed by atoms with Gasteiger partial charge in [-0.2, -0.15) is 10.4 Å². The van der Waals surface area contributed by atoms with Crippen LogP contribution in [0.15, 0.2) is 41.3 Å². The monoisotopic (exact) mass is 444 g/mol. The molecule has 0 spiro atoms. The molecule has 1 aliphatic heterocycles. The molecule has 0 radical (unpaired) electrons. The topological polar surface area (TPSA) is 70.1 Å². The lowest BCUT2D eigenvalue weighted by Gasteiger charge is -2.49. The molecule has 3 heterocycles. The zero-order valence-electron chi connectivity index (χ0n) is 19.7. The Bertz CT molecular complexity index is 1270. The Hall–Kier alpha value is -3.11. The lowest BCUT2D eigenvalue weighted by molar-refractivity contribution is 0.0928. The molecular formula is C26H32N6O. The van der Waals surface area contributed by atoms with Crippen molar-refractivity contribution in [2.75, 3.05) is 18.0 Å². The fraction of sp³-hybridized carbons (Fsp3) is 0.500. The molecule has 7 heteroatoms. The third-order valence-electron chi connectivity index (χ3n) is 7.66. The first kappa shape index (κ1) is 21.7. The summed E-state index contributed by atoms with van der Waals surface area (Å²) in [6, 6.07) is 14.0. The fourth-order valence-electron chi connectivity index (χ4n) is 5.85. The van der Waals surface area contributed by atoms with Gasteiger partial charge < -0.3 is 9.47 Å². The third kappa shape index (κ3) is 3.63. The predicted molar refractivity (Wildman–Crippen MR) is 130 cm³/mol. The number of hydrogen-bond donors (Lipinski definition) is 0. The number of aromatic nitrogens is 3. The van der Waals surface area contributed by atoms with E-state index in [-0.39, 0.29) is 12.1 Å². The Kier molecular flexibility index (Phi) is 5.71. The molecule has 1 aliphatic carbocycles.